The van der Waals surface area contributed by atoms with E-state index in [1.807, 2.05) is 23.8 Å². The quantitative estimate of drug-likeness (QED) is 0.841. The van der Waals surface area contributed by atoms with Gasteiger partial charge in [-0.1, -0.05) is 0 Å². The molecule has 2 aliphatic heterocycles. The Kier molecular flexibility index (Phi) is 4.67. The summed E-state index contributed by atoms with van der Waals surface area (Å²) in [5.41, 5.74) is 2.13. The summed E-state index contributed by atoms with van der Waals surface area (Å²) < 4.78 is 8.04. The molecule has 2 saturated heterocycles. The van der Waals surface area contributed by atoms with Crippen molar-refractivity contribution in [1.82, 2.24) is 19.5 Å². The van der Waals surface area contributed by atoms with E-state index < -0.39 is 0 Å². The molecule has 2 aliphatic rings. The molecule has 0 atom stereocenters. The van der Waals surface area contributed by atoms with E-state index in [9.17, 15) is 0 Å². The molecule has 6 nitrogen and oxygen atoms in total. The lowest BCUT2D eigenvalue weighted by atomic mass is 10.1. The third-order valence-electron chi connectivity index (χ3n) is 5.19. The summed E-state index contributed by atoms with van der Waals surface area (Å²) in [6.07, 6.45) is 9.02. The van der Waals surface area contributed by atoms with E-state index in [1.54, 1.807) is 0 Å². The van der Waals surface area contributed by atoms with Crippen LogP contribution in [0.3, 0.4) is 0 Å². The molecule has 24 heavy (non-hydrogen) atoms. The Morgan fingerprint density at radius 3 is 2.75 bits per heavy atom. The molecule has 0 radical (unpaired) electrons. The van der Waals surface area contributed by atoms with E-state index in [0.717, 1.165) is 56.1 Å². The number of piperidine rings is 1. The molecule has 2 fully saturated rings. The average Bonchev–Trinajstić information content (AvgIpc) is 3.23. The van der Waals surface area contributed by atoms with Crippen LogP contribution >= 0.6 is 0 Å². The zero-order chi connectivity index (χ0) is 16.4. The van der Waals surface area contributed by atoms with Gasteiger partial charge in [-0.25, -0.2) is 9.50 Å². The molecule has 2 aromatic rings. The van der Waals surface area contributed by atoms with Crippen molar-refractivity contribution in [3.63, 3.8) is 0 Å². The number of hydrogen-bond donors (Lipinski definition) is 0. The topological polar surface area (TPSA) is 45.9 Å². The number of aryl methyl sites for hydroxylation is 1. The standard InChI is InChI=1S/C18H27N5O/c1-15-14-17-18(19-6-11-23(17)20-15)22-9-4-16(5-10-22)24-13-12-21-7-2-3-8-21/h6,11,14,16H,2-5,7-10,12-13H2,1H3. The summed E-state index contributed by atoms with van der Waals surface area (Å²) in [4.78, 5) is 9.49. The number of anilines is 1. The van der Waals surface area contributed by atoms with Gasteiger partial charge in [-0.3, -0.25) is 0 Å². The number of nitrogens with zero attached hydrogens (tertiary/aromatic N) is 5. The van der Waals surface area contributed by atoms with Crippen molar-refractivity contribution < 1.29 is 4.74 Å². The number of ether oxygens (including phenoxy) is 1. The van der Waals surface area contributed by atoms with Crippen molar-refractivity contribution in [3.8, 4) is 0 Å². The molecular weight excluding hydrogens is 302 g/mol. The lowest BCUT2D eigenvalue weighted by Gasteiger charge is -2.33. The second-order valence-corrected chi connectivity index (χ2v) is 6.97. The molecule has 130 valence electrons. The van der Waals surface area contributed by atoms with Gasteiger partial charge in [0, 0.05) is 32.0 Å². The fourth-order valence-electron chi connectivity index (χ4n) is 3.86. The Balaban J connectivity index is 1.30. The van der Waals surface area contributed by atoms with E-state index in [4.69, 9.17) is 4.74 Å². The third kappa shape index (κ3) is 3.39. The highest BCUT2D eigenvalue weighted by atomic mass is 16.5. The van der Waals surface area contributed by atoms with E-state index in [0.29, 0.717) is 6.10 Å². The number of likely N-dealkylation sites (tertiary alicyclic amines) is 1. The average molecular weight is 329 g/mol. The fraction of sp³-hybridized carbons (Fsp3) is 0.667. The van der Waals surface area contributed by atoms with Crippen molar-refractivity contribution in [1.29, 1.82) is 0 Å². The smallest absolute Gasteiger partial charge is 0.154 e. The van der Waals surface area contributed by atoms with Gasteiger partial charge in [0.05, 0.1) is 18.4 Å². The van der Waals surface area contributed by atoms with Crippen LogP contribution in [0, 0.1) is 6.92 Å². The van der Waals surface area contributed by atoms with E-state index in [2.05, 4.69) is 25.9 Å². The van der Waals surface area contributed by atoms with Gasteiger partial charge in [0.2, 0.25) is 0 Å². The zero-order valence-electron chi connectivity index (χ0n) is 14.5. The van der Waals surface area contributed by atoms with Crippen LogP contribution in [-0.4, -0.2) is 64.9 Å². The summed E-state index contributed by atoms with van der Waals surface area (Å²) in [6.45, 7) is 8.51. The first-order valence-electron chi connectivity index (χ1n) is 9.19. The summed E-state index contributed by atoms with van der Waals surface area (Å²) in [6, 6.07) is 2.11. The number of hydrogen-bond acceptors (Lipinski definition) is 5. The molecule has 0 amide bonds. The van der Waals surface area contributed by atoms with Crippen LogP contribution in [0.1, 0.15) is 31.4 Å². The van der Waals surface area contributed by atoms with Crippen molar-refractivity contribution >= 4 is 11.3 Å². The molecule has 0 saturated carbocycles. The molecule has 2 aromatic heterocycles. The predicted molar refractivity (Wildman–Crippen MR) is 94.6 cm³/mol. The first kappa shape index (κ1) is 15.8. The van der Waals surface area contributed by atoms with Gasteiger partial charge in [0.15, 0.2) is 5.82 Å². The molecule has 0 aromatic carbocycles. The van der Waals surface area contributed by atoms with Gasteiger partial charge in [-0.05, 0) is 51.8 Å². The maximum absolute atomic E-state index is 6.11. The number of aromatic nitrogens is 3. The van der Waals surface area contributed by atoms with Crippen LogP contribution in [0.5, 0.6) is 0 Å². The molecule has 0 bridgehead atoms. The van der Waals surface area contributed by atoms with Gasteiger partial charge < -0.3 is 14.5 Å². The monoisotopic (exact) mass is 329 g/mol. The van der Waals surface area contributed by atoms with E-state index in [1.165, 1.54) is 25.9 Å². The molecule has 6 heteroatoms. The summed E-state index contributed by atoms with van der Waals surface area (Å²) in [7, 11) is 0. The van der Waals surface area contributed by atoms with Gasteiger partial charge >= 0.3 is 0 Å². The Labute approximate surface area is 143 Å². The minimum Gasteiger partial charge on any atom is -0.377 e. The van der Waals surface area contributed by atoms with E-state index >= 15 is 0 Å². The van der Waals surface area contributed by atoms with Gasteiger partial charge in [-0.2, -0.15) is 5.10 Å². The number of rotatable bonds is 5. The van der Waals surface area contributed by atoms with Crippen molar-refractivity contribution in [2.45, 2.75) is 38.7 Å². The second kappa shape index (κ2) is 7.07. The van der Waals surface area contributed by atoms with Gasteiger partial charge in [-0.15, -0.1) is 0 Å². The van der Waals surface area contributed by atoms with Gasteiger partial charge in [0.1, 0.15) is 5.52 Å². The molecule has 0 unspecified atom stereocenters. The van der Waals surface area contributed by atoms with Crippen LogP contribution in [0.15, 0.2) is 18.5 Å². The Hall–Kier alpha value is -1.66. The SMILES string of the molecule is Cc1cc2c(N3CCC(OCCN4CCCC4)CC3)nccn2n1. The van der Waals surface area contributed by atoms with Crippen LogP contribution < -0.4 is 4.90 Å². The van der Waals surface area contributed by atoms with Crippen LogP contribution in [0.2, 0.25) is 0 Å². The third-order valence-corrected chi connectivity index (χ3v) is 5.19. The van der Waals surface area contributed by atoms with Crippen LogP contribution in [0.4, 0.5) is 5.82 Å². The first-order chi connectivity index (χ1) is 11.8. The first-order valence-corrected chi connectivity index (χ1v) is 9.19. The van der Waals surface area contributed by atoms with Crippen molar-refractivity contribution in [2.75, 3.05) is 44.2 Å². The minimum absolute atomic E-state index is 0.398. The molecule has 0 N–H and O–H groups in total. The van der Waals surface area contributed by atoms with Crippen LogP contribution in [0.25, 0.3) is 5.52 Å². The largest absolute Gasteiger partial charge is 0.377 e. The van der Waals surface area contributed by atoms with Crippen molar-refractivity contribution in [2.24, 2.45) is 0 Å². The number of fused-ring (bicyclic) bond motifs is 1. The normalized spacial score (nSPS) is 20.3. The van der Waals surface area contributed by atoms with E-state index in [-0.39, 0.29) is 0 Å². The highest BCUT2D eigenvalue weighted by Crippen LogP contribution is 2.24. The highest BCUT2D eigenvalue weighted by molar-refractivity contribution is 5.69. The lowest BCUT2D eigenvalue weighted by molar-refractivity contribution is 0.0265. The van der Waals surface area contributed by atoms with Crippen molar-refractivity contribution in [3.05, 3.63) is 24.2 Å². The maximum atomic E-state index is 6.11. The second-order valence-electron chi connectivity index (χ2n) is 6.97. The molecule has 4 rings (SSSR count). The lowest BCUT2D eigenvalue weighted by Crippen LogP contribution is -2.38. The zero-order valence-corrected chi connectivity index (χ0v) is 14.5. The van der Waals surface area contributed by atoms with Crippen LogP contribution in [-0.2, 0) is 4.74 Å². The summed E-state index contributed by atoms with van der Waals surface area (Å²) in [5, 5.41) is 4.48. The van der Waals surface area contributed by atoms with Gasteiger partial charge in [0.25, 0.3) is 0 Å². The molecule has 0 spiro atoms. The molecular formula is C18H27N5O. The predicted octanol–water partition coefficient (Wildman–Crippen LogP) is 2.12. The summed E-state index contributed by atoms with van der Waals surface area (Å²) >= 11 is 0. The highest BCUT2D eigenvalue weighted by Gasteiger charge is 2.23. The molecule has 0 aliphatic carbocycles. The summed E-state index contributed by atoms with van der Waals surface area (Å²) in [5.74, 6) is 1.05. The fourth-order valence-corrected chi connectivity index (χ4v) is 3.86. The Bertz CT molecular complexity index is 671. The Morgan fingerprint density at radius 1 is 1.17 bits per heavy atom. The molecule has 4 heterocycles. The minimum atomic E-state index is 0.398. The Morgan fingerprint density at radius 2 is 1.96 bits per heavy atom. The maximum Gasteiger partial charge on any atom is 0.154 e.